The highest BCUT2D eigenvalue weighted by atomic mass is 16.5. The summed E-state index contributed by atoms with van der Waals surface area (Å²) in [5, 5.41) is 0. The first-order valence-corrected chi connectivity index (χ1v) is 5.61. The fourth-order valence-corrected chi connectivity index (χ4v) is 1.46. The Balaban J connectivity index is 2.20. The van der Waals surface area contributed by atoms with Crippen LogP contribution in [0.1, 0.15) is 26.7 Å². The predicted octanol–water partition coefficient (Wildman–Crippen LogP) is 0.939. The lowest BCUT2D eigenvalue weighted by molar-refractivity contribution is -0.150. The molecule has 4 heteroatoms. The molecule has 0 aromatic carbocycles. The Morgan fingerprint density at radius 2 is 2.07 bits per heavy atom. The van der Waals surface area contributed by atoms with Crippen molar-refractivity contribution in [1.82, 2.24) is 0 Å². The molecule has 0 aromatic heterocycles. The zero-order chi connectivity index (χ0) is 11.3. The molecule has 1 fully saturated rings. The Morgan fingerprint density at radius 3 is 2.60 bits per heavy atom. The standard InChI is InChI=1S/C11H21NO3/c1-8(9(2)12)11(13)15-7-10-3-5-14-6-4-10/h8-10H,3-7,12H2,1-2H3. The molecule has 1 heterocycles. The molecule has 2 N–H and O–H groups in total. The van der Waals surface area contributed by atoms with Crippen LogP contribution in [0.25, 0.3) is 0 Å². The van der Waals surface area contributed by atoms with Crippen LogP contribution in [0.15, 0.2) is 0 Å². The lowest BCUT2D eigenvalue weighted by atomic mass is 10.0. The highest BCUT2D eigenvalue weighted by Crippen LogP contribution is 2.15. The van der Waals surface area contributed by atoms with Gasteiger partial charge in [0, 0.05) is 19.3 Å². The van der Waals surface area contributed by atoms with Gasteiger partial charge in [0.1, 0.15) is 0 Å². The molecule has 0 saturated carbocycles. The van der Waals surface area contributed by atoms with Crippen LogP contribution in [0.3, 0.4) is 0 Å². The molecule has 0 bridgehead atoms. The Morgan fingerprint density at radius 1 is 1.47 bits per heavy atom. The van der Waals surface area contributed by atoms with Crippen molar-refractivity contribution in [2.24, 2.45) is 17.6 Å². The van der Waals surface area contributed by atoms with Crippen LogP contribution in [0.4, 0.5) is 0 Å². The zero-order valence-corrected chi connectivity index (χ0v) is 9.57. The van der Waals surface area contributed by atoms with Gasteiger partial charge in [0.2, 0.25) is 0 Å². The van der Waals surface area contributed by atoms with Gasteiger partial charge in [-0.3, -0.25) is 4.79 Å². The molecule has 4 nitrogen and oxygen atoms in total. The summed E-state index contributed by atoms with van der Waals surface area (Å²) in [6, 6.07) is -0.146. The number of esters is 1. The van der Waals surface area contributed by atoms with Crippen molar-refractivity contribution >= 4 is 5.97 Å². The Bertz CT molecular complexity index is 200. The minimum absolute atomic E-state index is 0.146. The molecular formula is C11H21NO3. The van der Waals surface area contributed by atoms with Crippen molar-refractivity contribution in [3.8, 4) is 0 Å². The number of hydrogen-bond donors (Lipinski definition) is 1. The number of hydrogen-bond acceptors (Lipinski definition) is 4. The van der Waals surface area contributed by atoms with Crippen LogP contribution in [-0.4, -0.2) is 31.8 Å². The number of rotatable bonds is 4. The molecule has 1 saturated heterocycles. The Kier molecular flexibility index (Phi) is 5.05. The van der Waals surface area contributed by atoms with Gasteiger partial charge in [-0.15, -0.1) is 0 Å². The van der Waals surface area contributed by atoms with Crippen LogP contribution in [0.2, 0.25) is 0 Å². The maximum absolute atomic E-state index is 11.5. The molecule has 0 radical (unpaired) electrons. The van der Waals surface area contributed by atoms with E-state index in [-0.39, 0.29) is 17.9 Å². The summed E-state index contributed by atoms with van der Waals surface area (Å²) in [7, 11) is 0. The van der Waals surface area contributed by atoms with Gasteiger partial charge in [-0.05, 0) is 25.7 Å². The van der Waals surface area contributed by atoms with E-state index in [0.29, 0.717) is 12.5 Å². The third-order valence-corrected chi connectivity index (χ3v) is 2.96. The topological polar surface area (TPSA) is 61.6 Å². The van der Waals surface area contributed by atoms with Crippen LogP contribution < -0.4 is 5.73 Å². The normalized spacial score (nSPS) is 22.1. The third kappa shape index (κ3) is 4.18. The molecule has 2 atom stereocenters. The summed E-state index contributed by atoms with van der Waals surface area (Å²) in [6.07, 6.45) is 1.97. The highest BCUT2D eigenvalue weighted by molar-refractivity contribution is 5.72. The molecule has 1 aliphatic heterocycles. The van der Waals surface area contributed by atoms with E-state index < -0.39 is 0 Å². The van der Waals surface area contributed by atoms with E-state index in [1.165, 1.54) is 0 Å². The van der Waals surface area contributed by atoms with Gasteiger partial charge in [-0.25, -0.2) is 0 Å². The largest absolute Gasteiger partial charge is 0.465 e. The molecule has 0 spiro atoms. The molecular weight excluding hydrogens is 194 g/mol. The van der Waals surface area contributed by atoms with Gasteiger partial charge in [0.05, 0.1) is 12.5 Å². The van der Waals surface area contributed by atoms with Gasteiger partial charge in [0.15, 0.2) is 0 Å². The molecule has 1 rings (SSSR count). The van der Waals surface area contributed by atoms with Crippen molar-refractivity contribution in [1.29, 1.82) is 0 Å². The summed E-state index contributed by atoms with van der Waals surface area (Å²) in [5.74, 6) is 0.0595. The lowest BCUT2D eigenvalue weighted by Gasteiger charge is -2.23. The van der Waals surface area contributed by atoms with Crippen LogP contribution in [-0.2, 0) is 14.3 Å². The fourth-order valence-electron chi connectivity index (χ4n) is 1.46. The summed E-state index contributed by atoms with van der Waals surface area (Å²) < 4.78 is 10.5. The molecule has 0 amide bonds. The Hall–Kier alpha value is -0.610. The zero-order valence-electron chi connectivity index (χ0n) is 9.57. The number of carbonyl (C=O) groups is 1. The smallest absolute Gasteiger partial charge is 0.310 e. The van der Waals surface area contributed by atoms with Crippen molar-refractivity contribution in [2.45, 2.75) is 32.7 Å². The van der Waals surface area contributed by atoms with Crippen LogP contribution in [0, 0.1) is 11.8 Å². The lowest BCUT2D eigenvalue weighted by Crippen LogP contribution is -2.33. The van der Waals surface area contributed by atoms with Crippen LogP contribution in [0.5, 0.6) is 0 Å². The predicted molar refractivity (Wildman–Crippen MR) is 57.3 cm³/mol. The first-order chi connectivity index (χ1) is 7.11. The van der Waals surface area contributed by atoms with Gasteiger partial charge in [0.25, 0.3) is 0 Å². The third-order valence-electron chi connectivity index (χ3n) is 2.96. The monoisotopic (exact) mass is 215 g/mol. The van der Waals surface area contributed by atoms with Crippen molar-refractivity contribution in [2.75, 3.05) is 19.8 Å². The number of carbonyl (C=O) groups excluding carboxylic acids is 1. The Labute approximate surface area is 91.1 Å². The van der Waals surface area contributed by atoms with E-state index in [9.17, 15) is 4.79 Å². The summed E-state index contributed by atoms with van der Waals surface area (Å²) in [6.45, 7) is 5.70. The molecule has 0 aliphatic carbocycles. The highest BCUT2D eigenvalue weighted by Gasteiger charge is 2.21. The van der Waals surface area contributed by atoms with E-state index in [1.807, 2.05) is 6.92 Å². The molecule has 15 heavy (non-hydrogen) atoms. The fraction of sp³-hybridized carbons (Fsp3) is 0.909. The van der Waals surface area contributed by atoms with E-state index in [1.54, 1.807) is 6.92 Å². The average molecular weight is 215 g/mol. The number of nitrogens with two attached hydrogens (primary N) is 1. The second kappa shape index (κ2) is 6.08. The SMILES string of the molecule is CC(N)C(C)C(=O)OCC1CCOCC1. The summed E-state index contributed by atoms with van der Waals surface area (Å²) >= 11 is 0. The quantitative estimate of drug-likeness (QED) is 0.709. The molecule has 88 valence electrons. The summed E-state index contributed by atoms with van der Waals surface area (Å²) in [5.41, 5.74) is 5.62. The van der Waals surface area contributed by atoms with Crippen molar-refractivity contribution < 1.29 is 14.3 Å². The summed E-state index contributed by atoms with van der Waals surface area (Å²) in [4.78, 5) is 11.5. The van der Waals surface area contributed by atoms with Crippen molar-refractivity contribution in [3.05, 3.63) is 0 Å². The average Bonchev–Trinajstić information content (AvgIpc) is 2.26. The van der Waals surface area contributed by atoms with E-state index in [2.05, 4.69) is 0 Å². The molecule has 2 unspecified atom stereocenters. The minimum atomic E-state index is -0.218. The van der Waals surface area contributed by atoms with Crippen LogP contribution >= 0.6 is 0 Å². The van der Waals surface area contributed by atoms with Gasteiger partial charge < -0.3 is 15.2 Å². The first kappa shape index (κ1) is 12.5. The van der Waals surface area contributed by atoms with E-state index >= 15 is 0 Å². The number of ether oxygens (including phenoxy) is 2. The maximum Gasteiger partial charge on any atom is 0.310 e. The van der Waals surface area contributed by atoms with E-state index in [0.717, 1.165) is 26.1 Å². The second-order valence-corrected chi connectivity index (χ2v) is 4.33. The maximum atomic E-state index is 11.5. The first-order valence-electron chi connectivity index (χ1n) is 5.61. The van der Waals surface area contributed by atoms with Gasteiger partial charge in [-0.2, -0.15) is 0 Å². The molecule has 1 aliphatic rings. The van der Waals surface area contributed by atoms with Gasteiger partial charge in [-0.1, -0.05) is 6.92 Å². The minimum Gasteiger partial charge on any atom is -0.465 e. The van der Waals surface area contributed by atoms with Crippen molar-refractivity contribution in [3.63, 3.8) is 0 Å². The van der Waals surface area contributed by atoms with E-state index in [4.69, 9.17) is 15.2 Å². The van der Waals surface area contributed by atoms with Gasteiger partial charge >= 0.3 is 5.97 Å². The molecule has 0 aromatic rings. The second-order valence-electron chi connectivity index (χ2n) is 4.33.